The second-order valence-corrected chi connectivity index (χ2v) is 8.51. The van der Waals surface area contributed by atoms with Crippen LogP contribution in [0.2, 0.25) is 0 Å². The van der Waals surface area contributed by atoms with E-state index in [1.807, 2.05) is 18.4 Å². The van der Waals surface area contributed by atoms with E-state index < -0.39 is 10.0 Å². The van der Waals surface area contributed by atoms with E-state index in [2.05, 4.69) is 17.0 Å². The van der Waals surface area contributed by atoms with E-state index in [0.29, 0.717) is 29.3 Å². The Hall–Kier alpha value is -0.560. The molecular formula is C15H24N2O2S2. The lowest BCUT2D eigenvalue weighted by molar-refractivity contribution is 0.576. The first-order chi connectivity index (χ1) is 10.0. The molecule has 0 heterocycles. The molecule has 21 heavy (non-hydrogen) atoms. The van der Waals surface area contributed by atoms with Crippen LogP contribution in [0.15, 0.2) is 29.2 Å². The van der Waals surface area contributed by atoms with E-state index in [4.69, 9.17) is 0 Å². The molecule has 0 bridgehead atoms. The van der Waals surface area contributed by atoms with Crippen LogP contribution in [0.5, 0.6) is 0 Å². The van der Waals surface area contributed by atoms with Crippen molar-refractivity contribution < 1.29 is 8.42 Å². The van der Waals surface area contributed by atoms with Gasteiger partial charge in [0, 0.05) is 24.4 Å². The second-order valence-electron chi connectivity index (χ2n) is 5.50. The Balaban J connectivity index is 2.00. The molecular weight excluding hydrogens is 304 g/mol. The van der Waals surface area contributed by atoms with Crippen LogP contribution in [0, 0.1) is 0 Å². The molecule has 1 unspecified atom stereocenters. The first-order valence-corrected chi connectivity index (χ1v) is 10.1. The van der Waals surface area contributed by atoms with Gasteiger partial charge in [-0.2, -0.15) is 11.8 Å². The summed E-state index contributed by atoms with van der Waals surface area (Å²) in [7, 11) is -3.42. The molecule has 0 aliphatic heterocycles. The summed E-state index contributed by atoms with van der Waals surface area (Å²) in [6, 6.07) is 7.80. The first kappa shape index (κ1) is 16.8. The Bertz CT molecular complexity index is 557. The van der Waals surface area contributed by atoms with Crippen molar-refractivity contribution in [3.05, 3.63) is 29.8 Å². The highest BCUT2D eigenvalue weighted by Crippen LogP contribution is 2.21. The predicted molar refractivity (Wildman–Crippen MR) is 89.1 cm³/mol. The highest BCUT2D eigenvalue weighted by atomic mass is 32.2. The lowest BCUT2D eigenvalue weighted by atomic mass is 10.2. The fourth-order valence-corrected chi connectivity index (χ4v) is 3.68. The number of hydrogen-bond donors (Lipinski definition) is 2. The van der Waals surface area contributed by atoms with Crippen molar-refractivity contribution in [2.75, 3.05) is 12.8 Å². The number of thioether (sulfide) groups is 1. The highest BCUT2D eigenvalue weighted by molar-refractivity contribution is 7.99. The van der Waals surface area contributed by atoms with Crippen LogP contribution in [0.25, 0.3) is 0 Å². The summed E-state index contributed by atoms with van der Waals surface area (Å²) in [6.45, 7) is 3.20. The van der Waals surface area contributed by atoms with E-state index in [1.165, 1.54) is 12.8 Å². The maximum absolute atomic E-state index is 12.4. The molecule has 1 aromatic carbocycles. The molecule has 1 saturated carbocycles. The summed E-state index contributed by atoms with van der Waals surface area (Å²) >= 11 is 1.75. The molecule has 2 rings (SSSR count). The van der Waals surface area contributed by atoms with Gasteiger partial charge in [0.05, 0.1) is 4.90 Å². The molecule has 6 heteroatoms. The fourth-order valence-electron chi connectivity index (χ4n) is 2.05. The first-order valence-electron chi connectivity index (χ1n) is 7.36. The van der Waals surface area contributed by atoms with Gasteiger partial charge >= 0.3 is 0 Å². The molecule has 0 saturated heterocycles. The summed E-state index contributed by atoms with van der Waals surface area (Å²) < 4.78 is 27.6. The van der Waals surface area contributed by atoms with Gasteiger partial charge in [0.25, 0.3) is 0 Å². The zero-order valence-corrected chi connectivity index (χ0v) is 14.3. The van der Waals surface area contributed by atoms with Gasteiger partial charge in [-0.25, -0.2) is 13.1 Å². The van der Waals surface area contributed by atoms with E-state index in [-0.39, 0.29) is 0 Å². The third-order valence-electron chi connectivity index (χ3n) is 3.67. The van der Waals surface area contributed by atoms with E-state index in [9.17, 15) is 8.42 Å². The molecule has 1 aliphatic carbocycles. The van der Waals surface area contributed by atoms with Crippen molar-refractivity contribution in [3.63, 3.8) is 0 Å². The van der Waals surface area contributed by atoms with E-state index in [0.717, 1.165) is 12.0 Å². The minimum atomic E-state index is -3.42. The van der Waals surface area contributed by atoms with Gasteiger partial charge in [0.15, 0.2) is 0 Å². The molecule has 2 N–H and O–H groups in total. The third-order valence-corrected chi connectivity index (χ3v) is 6.27. The van der Waals surface area contributed by atoms with Crippen molar-refractivity contribution in [2.24, 2.45) is 0 Å². The number of hydrogen-bond acceptors (Lipinski definition) is 4. The monoisotopic (exact) mass is 328 g/mol. The summed E-state index contributed by atoms with van der Waals surface area (Å²) in [5.41, 5.74) is 0.842. The Kier molecular flexibility index (Phi) is 6.10. The summed E-state index contributed by atoms with van der Waals surface area (Å²) in [6.07, 6.45) is 5.26. The van der Waals surface area contributed by atoms with Crippen LogP contribution in [0.4, 0.5) is 0 Å². The Morgan fingerprint density at radius 1 is 1.33 bits per heavy atom. The zero-order chi connectivity index (χ0) is 15.3. The highest BCUT2D eigenvalue weighted by Gasteiger charge is 2.22. The van der Waals surface area contributed by atoms with Crippen molar-refractivity contribution in [1.29, 1.82) is 0 Å². The number of benzene rings is 1. The van der Waals surface area contributed by atoms with Gasteiger partial charge in [-0.05, 0) is 37.1 Å². The molecule has 0 aromatic heterocycles. The fraction of sp³-hybridized carbons (Fsp3) is 0.600. The van der Waals surface area contributed by atoms with Crippen LogP contribution in [-0.2, 0) is 16.6 Å². The maximum atomic E-state index is 12.4. The molecule has 1 atom stereocenters. The standard InChI is InChI=1S/C15H24N2O2S2/c1-12(20-2)9-10-17-21(18,19)15-6-4-3-5-13(15)11-16-14-7-8-14/h3-6,12,14,16-17H,7-11H2,1-2H3. The smallest absolute Gasteiger partial charge is 0.240 e. The lowest BCUT2D eigenvalue weighted by Crippen LogP contribution is -2.28. The predicted octanol–water partition coefficient (Wildman–Crippen LogP) is 2.36. The molecule has 1 aliphatic rings. The molecule has 4 nitrogen and oxygen atoms in total. The SMILES string of the molecule is CSC(C)CCNS(=O)(=O)c1ccccc1CNC1CC1. The Labute approximate surface area is 132 Å². The van der Waals surface area contributed by atoms with Crippen LogP contribution in [0.3, 0.4) is 0 Å². The third kappa shape index (κ3) is 5.29. The summed E-state index contributed by atoms with van der Waals surface area (Å²) in [5.74, 6) is 0. The number of sulfonamides is 1. The number of nitrogens with one attached hydrogen (secondary N) is 2. The molecule has 0 spiro atoms. The molecule has 1 aromatic rings. The van der Waals surface area contributed by atoms with Crippen molar-refractivity contribution >= 4 is 21.8 Å². The quantitative estimate of drug-likeness (QED) is 0.731. The minimum Gasteiger partial charge on any atom is -0.310 e. The van der Waals surface area contributed by atoms with Crippen LogP contribution >= 0.6 is 11.8 Å². The Morgan fingerprint density at radius 2 is 2.05 bits per heavy atom. The number of rotatable bonds is 9. The zero-order valence-electron chi connectivity index (χ0n) is 12.6. The van der Waals surface area contributed by atoms with Crippen molar-refractivity contribution in [1.82, 2.24) is 10.0 Å². The molecule has 0 amide bonds. The summed E-state index contributed by atoms with van der Waals surface area (Å²) in [4.78, 5) is 0.398. The molecule has 1 fully saturated rings. The van der Waals surface area contributed by atoms with Crippen LogP contribution in [0.1, 0.15) is 31.7 Å². The Morgan fingerprint density at radius 3 is 2.71 bits per heavy atom. The maximum Gasteiger partial charge on any atom is 0.240 e. The van der Waals surface area contributed by atoms with Gasteiger partial charge in [0.1, 0.15) is 0 Å². The largest absolute Gasteiger partial charge is 0.310 e. The van der Waals surface area contributed by atoms with Crippen LogP contribution in [-0.4, -0.2) is 32.5 Å². The van der Waals surface area contributed by atoms with Crippen molar-refractivity contribution in [2.45, 2.75) is 48.9 Å². The second kappa shape index (κ2) is 7.63. The average molecular weight is 329 g/mol. The van der Waals surface area contributed by atoms with Gasteiger partial charge in [0.2, 0.25) is 10.0 Å². The molecule has 0 radical (unpaired) electrons. The normalized spacial score (nSPS) is 16.9. The van der Waals surface area contributed by atoms with Gasteiger partial charge < -0.3 is 5.32 Å². The van der Waals surface area contributed by atoms with Gasteiger partial charge in [-0.15, -0.1) is 0 Å². The lowest BCUT2D eigenvalue weighted by Gasteiger charge is -2.13. The minimum absolute atomic E-state index is 0.398. The van der Waals surface area contributed by atoms with Crippen molar-refractivity contribution in [3.8, 4) is 0 Å². The van der Waals surface area contributed by atoms with E-state index >= 15 is 0 Å². The summed E-state index contributed by atoms with van der Waals surface area (Å²) in [5, 5.41) is 3.83. The van der Waals surface area contributed by atoms with Gasteiger partial charge in [-0.1, -0.05) is 25.1 Å². The topological polar surface area (TPSA) is 58.2 Å². The average Bonchev–Trinajstić information content (AvgIpc) is 3.29. The van der Waals surface area contributed by atoms with E-state index in [1.54, 1.807) is 23.9 Å². The van der Waals surface area contributed by atoms with Crippen LogP contribution < -0.4 is 10.0 Å². The molecule has 118 valence electrons. The van der Waals surface area contributed by atoms with Gasteiger partial charge in [-0.3, -0.25) is 0 Å².